The summed E-state index contributed by atoms with van der Waals surface area (Å²) in [5, 5.41) is 8.56. The Bertz CT molecular complexity index is 340. The van der Waals surface area contributed by atoms with E-state index in [0.717, 1.165) is 5.56 Å². The number of halogens is 2. The molecule has 0 fully saturated rings. The van der Waals surface area contributed by atoms with Crippen molar-refractivity contribution in [3.05, 3.63) is 29.8 Å². The topological polar surface area (TPSA) is 46.5 Å². The molecule has 0 spiro atoms. The Hall–Kier alpha value is -1.01. The summed E-state index contributed by atoms with van der Waals surface area (Å²) in [4.78, 5) is 0. The van der Waals surface area contributed by atoms with Gasteiger partial charge in [-0.1, -0.05) is 12.1 Å². The van der Waals surface area contributed by atoms with Gasteiger partial charge in [-0.05, 0) is 17.7 Å². The standard InChI is InChI=1S/C10H12F2O3S/c11-10(12)15-9-3-1-8(2-4-9)7-16(14)6-5-13/h1-4,10,13H,5-7H2. The highest BCUT2D eigenvalue weighted by molar-refractivity contribution is 7.84. The van der Waals surface area contributed by atoms with Crippen molar-refractivity contribution in [2.45, 2.75) is 12.4 Å². The van der Waals surface area contributed by atoms with Gasteiger partial charge in [-0.15, -0.1) is 0 Å². The highest BCUT2D eigenvalue weighted by Crippen LogP contribution is 2.15. The molecule has 0 aliphatic carbocycles. The van der Waals surface area contributed by atoms with Gasteiger partial charge in [0.25, 0.3) is 0 Å². The van der Waals surface area contributed by atoms with Crippen LogP contribution < -0.4 is 4.74 Å². The lowest BCUT2D eigenvalue weighted by atomic mass is 10.2. The molecule has 0 radical (unpaired) electrons. The van der Waals surface area contributed by atoms with Gasteiger partial charge in [-0.2, -0.15) is 8.78 Å². The van der Waals surface area contributed by atoms with Gasteiger partial charge in [0, 0.05) is 22.3 Å². The normalized spacial score (nSPS) is 12.8. The Labute approximate surface area is 94.5 Å². The number of aliphatic hydroxyl groups is 1. The molecule has 0 amide bonds. The van der Waals surface area contributed by atoms with E-state index in [2.05, 4.69) is 4.74 Å². The van der Waals surface area contributed by atoms with Crippen LogP contribution in [0.3, 0.4) is 0 Å². The van der Waals surface area contributed by atoms with Crippen molar-refractivity contribution in [3.8, 4) is 5.75 Å². The fraction of sp³-hybridized carbons (Fsp3) is 0.400. The molecule has 3 nitrogen and oxygen atoms in total. The number of benzene rings is 1. The molecular weight excluding hydrogens is 238 g/mol. The molecule has 0 aromatic heterocycles. The minimum absolute atomic E-state index is 0.0756. The lowest BCUT2D eigenvalue weighted by Gasteiger charge is -2.05. The van der Waals surface area contributed by atoms with Gasteiger partial charge in [-0.3, -0.25) is 4.21 Å². The third kappa shape index (κ3) is 4.67. The van der Waals surface area contributed by atoms with Crippen molar-refractivity contribution < 1.29 is 22.8 Å². The van der Waals surface area contributed by atoms with E-state index < -0.39 is 17.4 Å². The number of rotatable bonds is 6. The Balaban J connectivity index is 2.54. The van der Waals surface area contributed by atoms with Crippen molar-refractivity contribution in [3.63, 3.8) is 0 Å². The molecular formula is C10H12F2O3S. The molecule has 0 bridgehead atoms. The van der Waals surface area contributed by atoms with E-state index in [1.807, 2.05) is 0 Å². The third-order valence-electron chi connectivity index (χ3n) is 1.80. The predicted molar refractivity (Wildman–Crippen MR) is 56.9 cm³/mol. The number of alkyl halides is 2. The minimum Gasteiger partial charge on any atom is -0.435 e. The second-order valence-corrected chi connectivity index (χ2v) is 4.61. The summed E-state index contributed by atoms with van der Waals surface area (Å²) in [7, 11) is -1.13. The predicted octanol–water partition coefficient (Wildman–Crippen LogP) is 1.53. The van der Waals surface area contributed by atoms with Crippen LogP contribution in [0.1, 0.15) is 5.56 Å². The maximum atomic E-state index is 11.8. The molecule has 90 valence electrons. The zero-order chi connectivity index (χ0) is 12.0. The first kappa shape index (κ1) is 13.1. The summed E-state index contributed by atoms with van der Waals surface area (Å²) < 4.78 is 39.1. The van der Waals surface area contributed by atoms with Crippen molar-refractivity contribution in [1.29, 1.82) is 0 Å². The van der Waals surface area contributed by atoms with E-state index in [-0.39, 0.29) is 18.1 Å². The fourth-order valence-corrected chi connectivity index (χ4v) is 2.04. The summed E-state index contributed by atoms with van der Waals surface area (Å²) in [6.07, 6.45) is 0. The second-order valence-electron chi connectivity index (χ2n) is 3.03. The SMILES string of the molecule is O=S(CCO)Cc1ccc(OC(F)F)cc1. The molecule has 0 aliphatic rings. The first-order valence-electron chi connectivity index (χ1n) is 4.61. The number of hydrogen-bond acceptors (Lipinski definition) is 3. The van der Waals surface area contributed by atoms with Gasteiger partial charge in [0.2, 0.25) is 0 Å². The van der Waals surface area contributed by atoms with Crippen molar-refractivity contribution in [2.24, 2.45) is 0 Å². The van der Waals surface area contributed by atoms with Crippen LogP contribution >= 0.6 is 0 Å². The van der Waals surface area contributed by atoms with Crippen LogP contribution in [0.4, 0.5) is 8.78 Å². The van der Waals surface area contributed by atoms with E-state index in [1.165, 1.54) is 12.1 Å². The molecule has 1 N–H and O–H groups in total. The quantitative estimate of drug-likeness (QED) is 0.832. The molecule has 0 saturated carbocycles. The van der Waals surface area contributed by atoms with Gasteiger partial charge >= 0.3 is 6.61 Å². The van der Waals surface area contributed by atoms with Crippen LogP contribution in [0, 0.1) is 0 Å². The zero-order valence-electron chi connectivity index (χ0n) is 8.44. The highest BCUT2D eigenvalue weighted by atomic mass is 32.2. The third-order valence-corrected chi connectivity index (χ3v) is 3.09. The Morgan fingerprint density at radius 1 is 1.31 bits per heavy atom. The lowest BCUT2D eigenvalue weighted by Crippen LogP contribution is -2.05. The first-order valence-corrected chi connectivity index (χ1v) is 6.10. The van der Waals surface area contributed by atoms with Crippen LogP contribution in [-0.2, 0) is 16.6 Å². The van der Waals surface area contributed by atoms with Crippen LogP contribution in [0.25, 0.3) is 0 Å². The molecule has 1 atom stereocenters. The Morgan fingerprint density at radius 3 is 2.44 bits per heavy atom. The van der Waals surface area contributed by atoms with E-state index >= 15 is 0 Å². The number of ether oxygens (including phenoxy) is 1. The smallest absolute Gasteiger partial charge is 0.387 e. The molecule has 1 unspecified atom stereocenters. The summed E-state index contributed by atoms with van der Waals surface area (Å²) in [6.45, 7) is -2.96. The van der Waals surface area contributed by atoms with Gasteiger partial charge < -0.3 is 9.84 Å². The van der Waals surface area contributed by atoms with Crippen LogP contribution in [0.2, 0.25) is 0 Å². The lowest BCUT2D eigenvalue weighted by molar-refractivity contribution is -0.0498. The molecule has 1 aromatic carbocycles. The zero-order valence-corrected chi connectivity index (χ0v) is 9.25. The number of hydrogen-bond donors (Lipinski definition) is 1. The molecule has 1 rings (SSSR count). The average Bonchev–Trinajstić information content (AvgIpc) is 2.20. The molecule has 1 aromatic rings. The van der Waals surface area contributed by atoms with Crippen molar-refractivity contribution in [1.82, 2.24) is 0 Å². The number of aliphatic hydroxyl groups excluding tert-OH is 1. The van der Waals surface area contributed by atoms with Crippen LogP contribution in [-0.4, -0.2) is 28.3 Å². The summed E-state index contributed by atoms with van der Waals surface area (Å²) in [6, 6.07) is 5.95. The van der Waals surface area contributed by atoms with E-state index in [4.69, 9.17) is 5.11 Å². The summed E-state index contributed by atoms with van der Waals surface area (Å²) in [5.74, 6) is 0.594. The van der Waals surface area contributed by atoms with Gasteiger partial charge in [0.15, 0.2) is 0 Å². The molecule has 0 aliphatic heterocycles. The Kier molecular flexibility index (Phi) is 5.34. The fourth-order valence-electron chi connectivity index (χ4n) is 1.13. The molecule has 6 heteroatoms. The minimum atomic E-state index is -2.84. The average molecular weight is 250 g/mol. The summed E-state index contributed by atoms with van der Waals surface area (Å²) in [5.41, 5.74) is 0.758. The second kappa shape index (κ2) is 6.55. The Morgan fingerprint density at radius 2 is 1.94 bits per heavy atom. The molecule has 0 saturated heterocycles. The highest BCUT2D eigenvalue weighted by Gasteiger charge is 2.05. The largest absolute Gasteiger partial charge is 0.435 e. The van der Waals surface area contributed by atoms with Gasteiger partial charge in [-0.25, -0.2) is 0 Å². The van der Waals surface area contributed by atoms with Crippen LogP contribution in [0.5, 0.6) is 5.75 Å². The van der Waals surface area contributed by atoms with Gasteiger partial charge in [0.1, 0.15) is 5.75 Å². The van der Waals surface area contributed by atoms with Crippen molar-refractivity contribution >= 4 is 10.8 Å². The summed E-state index contributed by atoms with van der Waals surface area (Å²) >= 11 is 0. The first-order chi connectivity index (χ1) is 7.61. The van der Waals surface area contributed by atoms with E-state index in [1.54, 1.807) is 12.1 Å². The van der Waals surface area contributed by atoms with Crippen molar-refractivity contribution in [2.75, 3.05) is 12.4 Å². The maximum Gasteiger partial charge on any atom is 0.387 e. The van der Waals surface area contributed by atoms with E-state index in [9.17, 15) is 13.0 Å². The van der Waals surface area contributed by atoms with Gasteiger partial charge in [0.05, 0.1) is 6.61 Å². The molecule has 0 heterocycles. The molecule has 16 heavy (non-hydrogen) atoms. The van der Waals surface area contributed by atoms with E-state index in [0.29, 0.717) is 5.75 Å². The monoisotopic (exact) mass is 250 g/mol. The maximum absolute atomic E-state index is 11.8. The van der Waals surface area contributed by atoms with Crippen LogP contribution in [0.15, 0.2) is 24.3 Å².